The quantitative estimate of drug-likeness (QED) is 0.559. The van der Waals surface area contributed by atoms with Crippen LogP contribution >= 0.6 is 11.6 Å². The van der Waals surface area contributed by atoms with E-state index in [9.17, 15) is 10.4 Å². The van der Waals surface area contributed by atoms with Crippen LogP contribution in [0.4, 0.5) is 0 Å². The number of halogens is 1. The number of rotatable bonds is 3. The highest BCUT2D eigenvalue weighted by Gasteiger charge is 2.15. The van der Waals surface area contributed by atoms with Gasteiger partial charge >= 0.3 is 0 Å². The number of allylic oxidation sites excluding steroid dienone is 1. The molecule has 1 aromatic heterocycles. The van der Waals surface area contributed by atoms with Crippen LogP contribution in [-0.4, -0.2) is 22.2 Å². The maximum atomic E-state index is 10.4. The highest BCUT2D eigenvalue weighted by molar-refractivity contribution is 6.31. The molecule has 0 aliphatic carbocycles. The molecule has 0 radical (unpaired) electrons. The predicted octanol–water partition coefficient (Wildman–Crippen LogP) is 4.17. The first-order valence-corrected chi connectivity index (χ1v) is 7.13. The molecule has 3 rings (SSSR count). The van der Waals surface area contributed by atoms with Crippen molar-refractivity contribution in [2.24, 2.45) is 0 Å². The van der Waals surface area contributed by atoms with Crippen molar-refractivity contribution < 1.29 is 9.84 Å². The highest BCUT2D eigenvalue weighted by atomic mass is 35.5. The lowest BCUT2D eigenvalue weighted by molar-refractivity contribution is 0.414. The van der Waals surface area contributed by atoms with Crippen molar-refractivity contribution in [3.05, 3.63) is 58.9 Å². The zero-order valence-electron chi connectivity index (χ0n) is 12.2. The highest BCUT2D eigenvalue weighted by Crippen LogP contribution is 2.26. The topological polar surface area (TPSA) is 81.9 Å². The van der Waals surface area contributed by atoms with E-state index in [1.54, 1.807) is 49.6 Å². The fourth-order valence-corrected chi connectivity index (χ4v) is 2.38. The van der Waals surface area contributed by atoms with Crippen LogP contribution in [0.2, 0.25) is 5.02 Å². The molecule has 0 saturated carbocycles. The molecule has 0 spiro atoms. The van der Waals surface area contributed by atoms with E-state index in [2.05, 4.69) is 9.97 Å². The van der Waals surface area contributed by atoms with Gasteiger partial charge in [0.25, 0.3) is 0 Å². The van der Waals surface area contributed by atoms with E-state index < -0.39 is 0 Å². The smallest absolute Gasteiger partial charge is 0.153 e. The number of ether oxygens (including phenoxy) is 1. The Morgan fingerprint density at radius 3 is 2.65 bits per heavy atom. The van der Waals surface area contributed by atoms with Gasteiger partial charge in [0.2, 0.25) is 0 Å². The molecule has 0 bridgehead atoms. The maximum Gasteiger partial charge on any atom is 0.153 e. The Hall–Kier alpha value is -2.97. The number of nitrogens with one attached hydrogen (secondary N) is 1. The van der Waals surface area contributed by atoms with Gasteiger partial charge in [-0.1, -0.05) is 11.6 Å². The van der Waals surface area contributed by atoms with Crippen molar-refractivity contribution >= 4 is 34.0 Å². The summed E-state index contributed by atoms with van der Waals surface area (Å²) in [5.74, 6) is 0.803. The molecule has 0 aliphatic heterocycles. The third-order valence-corrected chi connectivity index (χ3v) is 3.63. The fourth-order valence-electron chi connectivity index (χ4n) is 2.21. The minimum Gasteiger partial charge on any atom is -0.506 e. The number of aromatic amines is 1. The van der Waals surface area contributed by atoms with Gasteiger partial charge in [-0.05, 0) is 42.5 Å². The standard InChI is InChI=1S/C17H12ClN3O2/c1-23-12-5-2-10(3-6-12)16(22)13(9-19)17-20-14-7-4-11(18)8-15(14)21-17/h2-8,22H,1H3,(H,20,21). The summed E-state index contributed by atoms with van der Waals surface area (Å²) in [6.07, 6.45) is 0. The molecule has 0 atom stereocenters. The molecular formula is C17H12ClN3O2. The van der Waals surface area contributed by atoms with E-state index >= 15 is 0 Å². The monoisotopic (exact) mass is 325 g/mol. The normalized spacial score (nSPS) is 11.9. The SMILES string of the molecule is COc1ccc(C(O)=C(C#N)c2nc3ccc(Cl)cc3[nH]2)cc1. The molecule has 1 heterocycles. The molecule has 0 unspecified atom stereocenters. The second-order valence-electron chi connectivity index (χ2n) is 4.81. The zero-order chi connectivity index (χ0) is 16.4. The van der Waals surface area contributed by atoms with E-state index in [1.807, 2.05) is 6.07 Å². The Balaban J connectivity index is 2.09. The van der Waals surface area contributed by atoms with Crippen molar-refractivity contribution in [1.82, 2.24) is 9.97 Å². The molecule has 114 valence electrons. The van der Waals surface area contributed by atoms with Gasteiger partial charge < -0.3 is 14.8 Å². The van der Waals surface area contributed by atoms with Gasteiger partial charge in [0.15, 0.2) is 5.82 Å². The number of nitrogens with zero attached hydrogens (tertiary/aromatic N) is 2. The first-order valence-electron chi connectivity index (χ1n) is 6.76. The average Bonchev–Trinajstić information content (AvgIpc) is 2.98. The molecule has 2 aromatic carbocycles. The minimum atomic E-state index is -0.152. The second kappa shape index (κ2) is 6.03. The van der Waals surface area contributed by atoms with Gasteiger partial charge in [-0.3, -0.25) is 0 Å². The van der Waals surface area contributed by atoms with Crippen LogP contribution < -0.4 is 4.74 Å². The van der Waals surface area contributed by atoms with Crippen LogP contribution in [0.1, 0.15) is 11.4 Å². The molecule has 0 amide bonds. The summed E-state index contributed by atoms with van der Waals surface area (Å²) in [6.45, 7) is 0. The summed E-state index contributed by atoms with van der Waals surface area (Å²) in [7, 11) is 1.56. The fraction of sp³-hybridized carbons (Fsp3) is 0.0588. The number of H-pyrrole nitrogens is 1. The molecule has 0 saturated heterocycles. The number of benzene rings is 2. The van der Waals surface area contributed by atoms with Gasteiger partial charge in [-0.25, -0.2) is 4.98 Å². The summed E-state index contributed by atoms with van der Waals surface area (Å²) >= 11 is 5.94. The van der Waals surface area contributed by atoms with Crippen molar-refractivity contribution in [1.29, 1.82) is 5.26 Å². The van der Waals surface area contributed by atoms with Crippen LogP contribution in [0.15, 0.2) is 42.5 Å². The molecule has 3 aromatic rings. The first-order chi connectivity index (χ1) is 11.1. The van der Waals surface area contributed by atoms with Crippen molar-refractivity contribution in [2.75, 3.05) is 7.11 Å². The molecule has 2 N–H and O–H groups in total. The number of hydrogen-bond acceptors (Lipinski definition) is 4. The minimum absolute atomic E-state index is 0.0579. The molecule has 6 heteroatoms. The van der Waals surface area contributed by atoms with Crippen molar-refractivity contribution in [3.63, 3.8) is 0 Å². The van der Waals surface area contributed by atoms with Gasteiger partial charge in [0.05, 0.1) is 18.1 Å². The van der Waals surface area contributed by atoms with E-state index in [4.69, 9.17) is 16.3 Å². The summed E-state index contributed by atoms with van der Waals surface area (Å²) in [4.78, 5) is 7.33. The Morgan fingerprint density at radius 1 is 1.26 bits per heavy atom. The Labute approximate surface area is 137 Å². The van der Waals surface area contributed by atoms with Gasteiger partial charge in [-0.15, -0.1) is 0 Å². The number of aliphatic hydroxyl groups is 1. The summed E-state index contributed by atoms with van der Waals surface area (Å²) in [5.41, 5.74) is 1.92. The molecule has 5 nitrogen and oxygen atoms in total. The number of imidazole rings is 1. The number of aromatic nitrogens is 2. The lowest BCUT2D eigenvalue weighted by atomic mass is 10.1. The van der Waals surface area contributed by atoms with E-state index in [0.29, 0.717) is 27.4 Å². The number of aliphatic hydroxyl groups excluding tert-OH is 1. The lowest BCUT2D eigenvalue weighted by Gasteiger charge is -2.04. The second-order valence-corrected chi connectivity index (χ2v) is 5.25. The Bertz CT molecular complexity index is 937. The number of nitriles is 1. The van der Waals surface area contributed by atoms with Gasteiger partial charge in [0.1, 0.15) is 23.2 Å². The average molecular weight is 326 g/mol. The van der Waals surface area contributed by atoms with Crippen LogP contribution in [-0.2, 0) is 0 Å². The number of methoxy groups -OCH3 is 1. The number of fused-ring (bicyclic) bond motifs is 1. The van der Waals surface area contributed by atoms with Crippen molar-refractivity contribution in [2.45, 2.75) is 0 Å². The lowest BCUT2D eigenvalue weighted by Crippen LogP contribution is -1.92. The van der Waals surface area contributed by atoms with Crippen LogP contribution in [0, 0.1) is 11.3 Å². The Morgan fingerprint density at radius 2 is 2.00 bits per heavy atom. The van der Waals surface area contributed by atoms with E-state index in [-0.39, 0.29) is 17.2 Å². The van der Waals surface area contributed by atoms with Crippen LogP contribution in [0.3, 0.4) is 0 Å². The predicted molar refractivity (Wildman–Crippen MR) is 89.2 cm³/mol. The summed E-state index contributed by atoms with van der Waals surface area (Å²) in [5, 5.41) is 20.4. The molecule has 0 fully saturated rings. The number of hydrogen-bond donors (Lipinski definition) is 2. The zero-order valence-corrected chi connectivity index (χ0v) is 12.9. The summed E-state index contributed by atoms with van der Waals surface area (Å²) < 4.78 is 5.08. The third kappa shape index (κ3) is 2.85. The van der Waals surface area contributed by atoms with E-state index in [1.165, 1.54) is 0 Å². The van der Waals surface area contributed by atoms with Gasteiger partial charge in [-0.2, -0.15) is 5.26 Å². The van der Waals surface area contributed by atoms with Gasteiger partial charge in [0, 0.05) is 10.6 Å². The van der Waals surface area contributed by atoms with Crippen LogP contribution in [0.25, 0.3) is 22.4 Å². The first kappa shape index (κ1) is 14.9. The largest absolute Gasteiger partial charge is 0.506 e. The molecule has 0 aliphatic rings. The third-order valence-electron chi connectivity index (χ3n) is 3.39. The van der Waals surface area contributed by atoms with E-state index in [0.717, 1.165) is 0 Å². The van der Waals surface area contributed by atoms with Crippen molar-refractivity contribution in [3.8, 4) is 11.8 Å². The van der Waals surface area contributed by atoms with Crippen LogP contribution in [0.5, 0.6) is 5.75 Å². The Kier molecular flexibility index (Phi) is 3.92. The maximum absolute atomic E-state index is 10.4. The molecular weight excluding hydrogens is 314 g/mol. The summed E-state index contributed by atoms with van der Waals surface area (Å²) in [6, 6.07) is 13.9. The molecule has 23 heavy (non-hydrogen) atoms.